The summed E-state index contributed by atoms with van der Waals surface area (Å²) in [5, 5.41) is 4.44. The van der Waals surface area contributed by atoms with Gasteiger partial charge in [0.15, 0.2) is 0 Å². The van der Waals surface area contributed by atoms with Crippen molar-refractivity contribution in [2.45, 2.75) is 38.6 Å². The molecule has 4 rings (SSSR count). The Kier molecular flexibility index (Phi) is 7.94. The van der Waals surface area contributed by atoms with Crippen LogP contribution < -0.4 is 4.90 Å². The van der Waals surface area contributed by atoms with Crippen molar-refractivity contribution in [3.63, 3.8) is 0 Å². The van der Waals surface area contributed by atoms with Crippen LogP contribution >= 0.6 is 0 Å². The lowest BCUT2D eigenvalue weighted by Gasteiger charge is -2.33. The smallest absolute Gasteiger partial charge is 0.243 e. The molecule has 188 valence electrons. The van der Waals surface area contributed by atoms with E-state index in [1.54, 1.807) is 16.4 Å². The van der Waals surface area contributed by atoms with E-state index in [-0.39, 0.29) is 6.54 Å². The van der Waals surface area contributed by atoms with Crippen LogP contribution in [0.5, 0.6) is 0 Å². The zero-order valence-corrected chi connectivity index (χ0v) is 22.0. The van der Waals surface area contributed by atoms with E-state index in [4.69, 9.17) is 4.52 Å². The Bertz CT molecular complexity index is 1200. The Hall–Kier alpha value is -2.68. The van der Waals surface area contributed by atoms with E-state index in [1.165, 1.54) is 0 Å². The van der Waals surface area contributed by atoms with Gasteiger partial charge in [0.05, 0.1) is 10.5 Å². The van der Waals surface area contributed by atoms with Crippen LogP contribution in [0.25, 0.3) is 11.3 Å². The summed E-state index contributed by atoms with van der Waals surface area (Å²) < 4.78 is 35.1. The summed E-state index contributed by atoms with van der Waals surface area (Å²) in [6.45, 7) is 10.3. The van der Waals surface area contributed by atoms with Crippen molar-refractivity contribution in [2.75, 3.05) is 44.7 Å². The lowest BCUT2D eigenvalue weighted by molar-refractivity contribution is 0.299. The maximum Gasteiger partial charge on any atom is 0.243 e. The number of aryl methyl sites for hydroxylation is 1. The number of hydrogen-bond acceptors (Lipinski definition) is 6. The minimum Gasteiger partial charge on any atom is -0.338 e. The highest BCUT2D eigenvalue weighted by Gasteiger charge is 2.31. The van der Waals surface area contributed by atoms with E-state index in [2.05, 4.69) is 35.9 Å². The largest absolute Gasteiger partial charge is 0.338 e. The van der Waals surface area contributed by atoms with E-state index in [1.807, 2.05) is 49.4 Å². The summed E-state index contributed by atoms with van der Waals surface area (Å²) in [4.78, 5) is 4.78. The molecular formula is C27H36N4O3S. The van der Waals surface area contributed by atoms with Crippen LogP contribution in [0.1, 0.15) is 31.4 Å². The first kappa shape index (κ1) is 25.4. The van der Waals surface area contributed by atoms with Crippen molar-refractivity contribution >= 4 is 15.9 Å². The first-order valence-corrected chi connectivity index (χ1v) is 13.7. The number of hydrogen-bond donors (Lipinski definition) is 0. The Morgan fingerprint density at radius 1 is 1.00 bits per heavy atom. The minimum absolute atomic E-state index is 0.207. The fourth-order valence-corrected chi connectivity index (χ4v) is 5.67. The van der Waals surface area contributed by atoms with Gasteiger partial charge in [-0.1, -0.05) is 67.0 Å². The van der Waals surface area contributed by atoms with Gasteiger partial charge in [-0.15, -0.1) is 0 Å². The molecule has 1 fully saturated rings. The molecule has 1 saturated heterocycles. The second kappa shape index (κ2) is 10.9. The quantitative estimate of drug-likeness (QED) is 0.430. The van der Waals surface area contributed by atoms with E-state index in [0.29, 0.717) is 28.9 Å². The third-order valence-corrected chi connectivity index (χ3v) is 8.41. The van der Waals surface area contributed by atoms with Crippen LogP contribution in [0.15, 0.2) is 64.0 Å². The molecule has 0 aliphatic carbocycles. The molecule has 8 heteroatoms. The number of likely N-dealkylation sites (N-methyl/N-ethyl adjacent to an activating group) is 1. The van der Waals surface area contributed by atoms with Crippen molar-refractivity contribution in [2.24, 2.45) is 5.92 Å². The topological polar surface area (TPSA) is 69.9 Å². The second-order valence-electron chi connectivity index (χ2n) is 9.81. The van der Waals surface area contributed by atoms with Gasteiger partial charge in [-0.3, -0.25) is 0 Å². The molecule has 0 atom stereocenters. The molecule has 1 aliphatic rings. The standard InChI is InChI=1S/C27H36N4O3S/c1-21(2)14-15-31(35(32,33)24-12-10-22(3)11-13-24)20-25-26(23-8-6-5-7-9-23)28-34-27(25)30-18-16-29(4)17-19-30/h5-13,21H,14-20H2,1-4H3. The molecule has 0 amide bonds. The number of anilines is 1. The highest BCUT2D eigenvalue weighted by molar-refractivity contribution is 7.89. The van der Waals surface area contributed by atoms with E-state index >= 15 is 0 Å². The predicted octanol–water partition coefficient (Wildman–Crippen LogP) is 4.64. The Morgan fingerprint density at radius 2 is 1.66 bits per heavy atom. The molecule has 1 aliphatic heterocycles. The molecule has 0 bridgehead atoms. The van der Waals surface area contributed by atoms with Crippen molar-refractivity contribution in [3.8, 4) is 11.3 Å². The zero-order chi connectivity index (χ0) is 25.0. The number of benzene rings is 2. The average Bonchev–Trinajstić information content (AvgIpc) is 3.26. The van der Waals surface area contributed by atoms with Gasteiger partial charge in [-0.25, -0.2) is 8.42 Å². The third-order valence-electron chi connectivity index (χ3n) is 6.55. The normalized spacial score (nSPS) is 15.3. The van der Waals surface area contributed by atoms with Crippen molar-refractivity contribution in [3.05, 3.63) is 65.7 Å². The van der Waals surface area contributed by atoms with Crippen LogP contribution in [0.4, 0.5) is 5.88 Å². The van der Waals surface area contributed by atoms with Crippen molar-refractivity contribution in [1.82, 2.24) is 14.4 Å². The Labute approximate surface area is 209 Å². The molecule has 0 unspecified atom stereocenters. The number of aromatic nitrogens is 1. The monoisotopic (exact) mass is 496 g/mol. The summed E-state index contributed by atoms with van der Waals surface area (Å²) >= 11 is 0. The fraction of sp³-hybridized carbons (Fsp3) is 0.444. The molecule has 7 nitrogen and oxygen atoms in total. The Morgan fingerprint density at radius 3 is 2.29 bits per heavy atom. The van der Waals surface area contributed by atoms with Gasteiger partial charge >= 0.3 is 0 Å². The van der Waals surface area contributed by atoms with Crippen molar-refractivity contribution < 1.29 is 12.9 Å². The SMILES string of the molecule is Cc1ccc(S(=O)(=O)N(CCC(C)C)Cc2c(-c3ccccc3)noc2N2CCN(C)CC2)cc1. The molecular weight excluding hydrogens is 460 g/mol. The lowest BCUT2D eigenvalue weighted by Crippen LogP contribution is -2.45. The van der Waals surface area contributed by atoms with Crippen LogP contribution in [0.3, 0.4) is 0 Å². The zero-order valence-electron chi connectivity index (χ0n) is 21.1. The highest BCUT2D eigenvalue weighted by atomic mass is 32.2. The molecule has 3 aromatic rings. The van der Waals surface area contributed by atoms with E-state index < -0.39 is 10.0 Å². The highest BCUT2D eigenvalue weighted by Crippen LogP contribution is 2.34. The molecule has 0 radical (unpaired) electrons. The second-order valence-corrected chi connectivity index (χ2v) is 11.7. The van der Waals surface area contributed by atoms with Gasteiger partial charge in [0, 0.05) is 44.8 Å². The van der Waals surface area contributed by atoms with Gasteiger partial charge in [0.2, 0.25) is 15.9 Å². The maximum absolute atomic E-state index is 13.8. The van der Waals surface area contributed by atoms with Crippen LogP contribution in [-0.2, 0) is 16.6 Å². The summed E-state index contributed by atoms with van der Waals surface area (Å²) in [5.74, 6) is 1.05. The number of sulfonamides is 1. The molecule has 1 aromatic heterocycles. The average molecular weight is 497 g/mol. The van der Waals surface area contributed by atoms with E-state index in [0.717, 1.165) is 49.3 Å². The molecule has 0 saturated carbocycles. The third kappa shape index (κ3) is 5.94. The minimum atomic E-state index is -3.71. The number of nitrogens with zero attached hydrogens (tertiary/aromatic N) is 4. The van der Waals surface area contributed by atoms with Crippen LogP contribution in [0.2, 0.25) is 0 Å². The van der Waals surface area contributed by atoms with Gasteiger partial charge in [0.1, 0.15) is 5.69 Å². The molecule has 0 N–H and O–H groups in total. The first-order valence-electron chi connectivity index (χ1n) is 12.3. The summed E-state index contributed by atoms with van der Waals surface area (Å²) in [5.41, 5.74) is 3.47. The van der Waals surface area contributed by atoms with Gasteiger partial charge in [-0.05, 0) is 38.4 Å². The molecule has 35 heavy (non-hydrogen) atoms. The van der Waals surface area contributed by atoms with Gasteiger partial charge in [0.25, 0.3) is 0 Å². The fourth-order valence-electron chi connectivity index (χ4n) is 4.25. The van der Waals surface area contributed by atoms with Crippen LogP contribution in [0, 0.1) is 12.8 Å². The predicted molar refractivity (Wildman–Crippen MR) is 140 cm³/mol. The molecule has 2 aromatic carbocycles. The van der Waals surface area contributed by atoms with E-state index in [9.17, 15) is 8.42 Å². The summed E-state index contributed by atoms with van der Waals surface area (Å²) in [6, 6.07) is 16.9. The maximum atomic E-state index is 13.8. The van der Waals surface area contributed by atoms with Gasteiger partial charge < -0.3 is 14.3 Å². The summed E-state index contributed by atoms with van der Waals surface area (Å²) in [7, 11) is -1.60. The van der Waals surface area contributed by atoms with Crippen LogP contribution in [-0.4, -0.2) is 62.6 Å². The number of rotatable bonds is 9. The summed E-state index contributed by atoms with van der Waals surface area (Å²) in [6.07, 6.45) is 0.765. The van der Waals surface area contributed by atoms with Gasteiger partial charge in [-0.2, -0.15) is 4.31 Å². The van der Waals surface area contributed by atoms with Crippen molar-refractivity contribution in [1.29, 1.82) is 0 Å². The lowest BCUT2D eigenvalue weighted by atomic mass is 10.1. The number of piperazine rings is 1. The Balaban J connectivity index is 1.75. The molecule has 2 heterocycles. The first-order chi connectivity index (χ1) is 16.8. The molecule has 0 spiro atoms.